The summed E-state index contributed by atoms with van der Waals surface area (Å²) in [6.45, 7) is 2.21. The van der Waals surface area contributed by atoms with Crippen molar-refractivity contribution in [1.82, 2.24) is 0 Å². The fourth-order valence-electron chi connectivity index (χ4n) is 2.66. The standard InChI is InChI=1S/C13H17NO/c1-13(9-6-7-9)8-11(14)10-4-2-3-5-12(10)15-13/h2-5,9,11H,6-8,14H2,1H3/t11-,13?/m0/s1. The van der Waals surface area contributed by atoms with Gasteiger partial charge in [0, 0.05) is 18.0 Å². The van der Waals surface area contributed by atoms with Gasteiger partial charge in [-0.2, -0.15) is 0 Å². The molecule has 2 heteroatoms. The van der Waals surface area contributed by atoms with Gasteiger partial charge in [0.1, 0.15) is 11.4 Å². The van der Waals surface area contributed by atoms with E-state index in [0.717, 1.165) is 23.7 Å². The second kappa shape index (κ2) is 2.99. The Kier molecular flexibility index (Phi) is 1.84. The molecule has 1 fully saturated rings. The summed E-state index contributed by atoms with van der Waals surface area (Å²) >= 11 is 0. The second-order valence-electron chi connectivity index (χ2n) is 5.04. The van der Waals surface area contributed by atoms with E-state index in [2.05, 4.69) is 13.0 Å². The SMILES string of the molecule is CC1(C2CC2)C[C@H](N)c2ccccc2O1. The van der Waals surface area contributed by atoms with Gasteiger partial charge in [0.2, 0.25) is 0 Å². The Balaban J connectivity index is 1.98. The second-order valence-corrected chi connectivity index (χ2v) is 5.04. The van der Waals surface area contributed by atoms with Crippen molar-refractivity contribution in [2.75, 3.05) is 0 Å². The number of benzene rings is 1. The normalized spacial score (nSPS) is 34.4. The lowest BCUT2D eigenvalue weighted by Gasteiger charge is -2.39. The zero-order valence-corrected chi connectivity index (χ0v) is 9.07. The first-order valence-electron chi connectivity index (χ1n) is 5.72. The first-order chi connectivity index (χ1) is 7.19. The van der Waals surface area contributed by atoms with Crippen LogP contribution in [0.25, 0.3) is 0 Å². The highest BCUT2D eigenvalue weighted by Crippen LogP contribution is 2.49. The average molecular weight is 203 g/mol. The molecule has 1 aliphatic heterocycles. The van der Waals surface area contributed by atoms with Crippen molar-refractivity contribution in [2.45, 2.75) is 37.8 Å². The van der Waals surface area contributed by atoms with Crippen molar-refractivity contribution in [3.8, 4) is 5.75 Å². The van der Waals surface area contributed by atoms with Gasteiger partial charge < -0.3 is 10.5 Å². The molecule has 2 atom stereocenters. The molecule has 2 nitrogen and oxygen atoms in total. The van der Waals surface area contributed by atoms with Gasteiger partial charge in [-0.25, -0.2) is 0 Å². The van der Waals surface area contributed by atoms with Gasteiger partial charge in [-0.3, -0.25) is 0 Å². The third kappa shape index (κ3) is 1.44. The summed E-state index contributed by atoms with van der Waals surface area (Å²) in [5, 5.41) is 0. The third-order valence-electron chi connectivity index (χ3n) is 3.73. The molecule has 2 N–H and O–H groups in total. The van der Waals surface area contributed by atoms with Crippen molar-refractivity contribution >= 4 is 0 Å². The molecule has 2 aliphatic rings. The van der Waals surface area contributed by atoms with Crippen molar-refractivity contribution in [3.63, 3.8) is 0 Å². The van der Waals surface area contributed by atoms with Crippen LogP contribution < -0.4 is 10.5 Å². The average Bonchev–Trinajstić information content (AvgIpc) is 3.00. The Bertz CT molecular complexity index is 386. The lowest BCUT2D eigenvalue weighted by Crippen LogP contribution is -2.42. The van der Waals surface area contributed by atoms with E-state index in [0.29, 0.717) is 0 Å². The van der Waals surface area contributed by atoms with Gasteiger partial charge in [-0.1, -0.05) is 18.2 Å². The monoisotopic (exact) mass is 203 g/mol. The van der Waals surface area contributed by atoms with Crippen LogP contribution in [0.3, 0.4) is 0 Å². The number of hydrogen-bond donors (Lipinski definition) is 1. The van der Waals surface area contributed by atoms with E-state index in [1.165, 1.54) is 12.8 Å². The van der Waals surface area contributed by atoms with Crippen molar-refractivity contribution in [3.05, 3.63) is 29.8 Å². The lowest BCUT2D eigenvalue weighted by molar-refractivity contribution is 0.0324. The van der Waals surface area contributed by atoms with E-state index >= 15 is 0 Å². The minimum Gasteiger partial charge on any atom is -0.487 e. The van der Waals surface area contributed by atoms with Gasteiger partial charge in [0.15, 0.2) is 0 Å². The fraction of sp³-hybridized carbons (Fsp3) is 0.538. The Morgan fingerprint density at radius 3 is 2.80 bits per heavy atom. The smallest absolute Gasteiger partial charge is 0.124 e. The van der Waals surface area contributed by atoms with E-state index in [1.54, 1.807) is 0 Å². The highest BCUT2D eigenvalue weighted by Gasteiger charge is 2.47. The van der Waals surface area contributed by atoms with Gasteiger partial charge in [-0.15, -0.1) is 0 Å². The van der Waals surface area contributed by atoms with Crippen LogP contribution >= 0.6 is 0 Å². The van der Waals surface area contributed by atoms with Crippen molar-refractivity contribution in [1.29, 1.82) is 0 Å². The zero-order chi connectivity index (χ0) is 10.5. The highest BCUT2D eigenvalue weighted by molar-refractivity contribution is 5.38. The largest absolute Gasteiger partial charge is 0.487 e. The molecule has 15 heavy (non-hydrogen) atoms. The number of ether oxygens (including phenoxy) is 1. The Labute approximate surface area is 90.4 Å². The molecule has 1 unspecified atom stereocenters. The number of nitrogens with two attached hydrogens (primary N) is 1. The molecule has 0 bridgehead atoms. The third-order valence-corrected chi connectivity index (χ3v) is 3.73. The Hall–Kier alpha value is -1.02. The molecule has 1 saturated carbocycles. The summed E-state index contributed by atoms with van der Waals surface area (Å²) in [6, 6.07) is 8.30. The minimum atomic E-state index is -0.0201. The summed E-state index contributed by atoms with van der Waals surface area (Å²) < 4.78 is 6.13. The molecule has 1 heterocycles. The van der Waals surface area contributed by atoms with Crippen LogP contribution in [-0.2, 0) is 0 Å². The van der Waals surface area contributed by atoms with E-state index in [9.17, 15) is 0 Å². The fourth-order valence-corrected chi connectivity index (χ4v) is 2.66. The van der Waals surface area contributed by atoms with E-state index in [4.69, 9.17) is 10.5 Å². The van der Waals surface area contributed by atoms with Crippen LogP contribution in [0.4, 0.5) is 0 Å². The van der Waals surface area contributed by atoms with Crippen LogP contribution in [0.5, 0.6) is 5.75 Å². The molecule has 1 aromatic rings. The summed E-state index contributed by atoms with van der Waals surface area (Å²) in [4.78, 5) is 0. The first kappa shape index (κ1) is 9.22. The number of hydrogen-bond acceptors (Lipinski definition) is 2. The molecule has 0 saturated heterocycles. The molecule has 0 spiro atoms. The van der Waals surface area contributed by atoms with E-state index < -0.39 is 0 Å². The zero-order valence-electron chi connectivity index (χ0n) is 9.07. The molecule has 0 amide bonds. The first-order valence-corrected chi connectivity index (χ1v) is 5.72. The van der Waals surface area contributed by atoms with Crippen LogP contribution in [0, 0.1) is 5.92 Å². The molecular formula is C13H17NO. The minimum absolute atomic E-state index is 0.0201. The maximum absolute atomic E-state index is 6.21. The van der Waals surface area contributed by atoms with Crippen LogP contribution in [0.2, 0.25) is 0 Å². The number of rotatable bonds is 1. The molecular weight excluding hydrogens is 186 g/mol. The van der Waals surface area contributed by atoms with Crippen molar-refractivity contribution < 1.29 is 4.74 Å². The summed E-state index contributed by atoms with van der Waals surface area (Å²) in [5.41, 5.74) is 7.35. The Morgan fingerprint density at radius 1 is 1.33 bits per heavy atom. The topological polar surface area (TPSA) is 35.2 Å². The predicted octanol–water partition coefficient (Wildman–Crippen LogP) is 2.64. The van der Waals surface area contributed by atoms with Crippen LogP contribution in [-0.4, -0.2) is 5.60 Å². The van der Waals surface area contributed by atoms with Gasteiger partial charge in [0.05, 0.1) is 0 Å². The quantitative estimate of drug-likeness (QED) is 0.761. The molecule has 0 radical (unpaired) electrons. The van der Waals surface area contributed by atoms with Gasteiger partial charge >= 0.3 is 0 Å². The molecule has 80 valence electrons. The molecule has 0 aromatic heterocycles. The van der Waals surface area contributed by atoms with Crippen LogP contribution in [0.15, 0.2) is 24.3 Å². The maximum Gasteiger partial charge on any atom is 0.124 e. The molecule has 3 rings (SSSR count). The summed E-state index contributed by atoms with van der Waals surface area (Å²) in [7, 11) is 0. The predicted molar refractivity (Wildman–Crippen MR) is 59.7 cm³/mol. The number of fused-ring (bicyclic) bond motifs is 1. The van der Waals surface area contributed by atoms with E-state index in [-0.39, 0.29) is 11.6 Å². The van der Waals surface area contributed by atoms with Gasteiger partial charge in [-0.05, 0) is 31.7 Å². The van der Waals surface area contributed by atoms with Crippen molar-refractivity contribution in [2.24, 2.45) is 11.7 Å². The number of para-hydroxylation sites is 1. The highest BCUT2D eigenvalue weighted by atomic mass is 16.5. The Morgan fingerprint density at radius 2 is 2.07 bits per heavy atom. The van der Waals surface area contributed by atoms with Crippen LogP contribution in [0.1, 0.15) is 37.8 Å². The summed E-state index contributed by atoms with van der Waals surface area (Å²) in [6.07, 6.45) is 3.55. The molecule has 1 aromatic carbocycles. The summed E-state index contributed by atoms with van der Waals surface area (Å²) in [5.74, 6) is 1.71. The van der Waals surface area contributed by atoms with E-state index in [1.807, 2.05) is 18.2 Å². The lowest BCUT2D eigenvalue weighted by atomic mass is 9.85. The maximum atomic E-state index is 6.21. The van der Waals surface area contributed by atoms with Gasteiger partial charge in [0.25, 0.3) is 0 Å². The molecule has 1 aliphatic carbocycles.